The first-order valence-electron chi connectivity index (χ1n) is 4.63. The molecule has 76 valence electrons. The average Bonchev–Trinajstić information content (AvgIpc) is 2.19. The number of rotatable bonds is 5. The van der Waals surface area contributed by atoms with E-state index in [0.717, 1.165) is 12.8 Å². The van der Waals surface area contributed by atoms with Gasteiger partial charge < -0.3 is 10.5 Å². The lowest BCUT2D eigenvalue weighted by Gasteiger charge is -2.06. The first-order chi connectivity index (χ1) is 6.75. The number of unbranched alkanes of at least 4 members (excludes halogenated alkanes) is 1. The Bertz CT molecular complexity index is 313. The number of nitrogens with two attached hydrogens (primary N) is 1. The third kappa shape index (κ3) is 2.73. The molecule has 0 aliphatic carbocycles. The summed E-state index contributed by atoms with van der Waals surface area (Å²) < 4.78 is 5.33. The number of hydrogen-bond donors (Lipinski definition) is 1. The molecule has 14 heavy (non-hydrogen) atoms. The molecule has 1 amide bonds. The van der Waals surface area contributed by atoms with Crippen LogP contribution < -0.4 is 10.5 Å². The molecule has 0 aromatic carbocycles. The summed E-state index contributed by atoms with van der Waals surface area (Å²) in [7, 11) is 0. The molecule has 0 atom stereocenters. The summed E-state index contributed by atoms with van der Waals surface area (Å²) in [5.74, 6) is -0.182. The van der Waals surface area contributed by atoms with Gasteiger partial charge in [-0.25, -0.2) is 4.98 Å². The first kappa shape index (κ1) is 10.5. The minimum Gasteiger partial charge on any atom is -0.477 e. The Morgan fingerprint density at radius 2 is 2.43 bits per heavy atom. The normalized spacial score (nSPS) is 9.79. The SMILES string of the molecule is CCCCOc1ncccc1C(N)=O. The van der Waals surface area contributed by atoms with E-state index in [1.807, 2.05) is 0 Å². The molecule has 4 nitrogen and oxygen atoms in total. The van der Waals surface area contributed by atoms with Gasteiger partial charge in [0.25, 0.3) is 5.91 Å². The number of pyridine rings is 1. The molecule has 0 bridgehead atoms. The maximum Gasteiger partial charge on any atom is 0.254 e. The van der Waals surface area contributed by atoms with Crippen LogP contribution >= 0.6 is 0 Å². The van der Waals surface area contributed by atoms with Gasteiger partial charge in [-0.15, -0.1) is 0 Å². The quantitative estimate of drug-likeness (QED) is 0.720. The van der Waals surface area contributed by atoms with Crippen molar-refractivity contribution in [2.45, 2.75) is 19.8 Å². The molecule has 1 aromatic heterocycles. The number of amides is 1. The fourth-order valence-electron chi connectivity index (χ4n) is 1.01. The molecule has 0 aliphatic rings. The predicted molar refractivity (Wildman–Crippen MR) is 53.2 cm³/mol. The summed E-state index contributed by atoms with van der Waals surface area (Å²) in [6.45, 7) is 2.63. The number of primary amides is 1. The lowest BCUT2D eigenvalue weighted by atomic mass is 10.2. The minimum atomic E-state index is -0.510. The van der Waals surface area contributed by atoms with E-state index in [0.29, 0.717) is 18.1 Å². The second-order valence-electron chi connectivity index (χ2n) is 2.92. The Hall–Kier alpha value is -1.58. The molecule has 1 rings (SSSR count). The van der Waals surface area contributed by atoms with Gasteiger partial charge >= 0.3 is 0 Å². The second-order valence-corrected chi connectivity index (χ2v) is 2.92. The lowest BCUT2D eigenvalue weighted by molar-refractivity contribution is 0.0995. The minimum absolute atomic E-state index is 0.327. The van der Waals surface area contributed by atoms with Crippen LogP contribution in [0.3, 0.4) is 0 Å². The lowest BCUT2D eigenvalue weighted by Crippen LogP contribution is -2.14. The number of hydrogen-bond acceptors (Lipinski definition) is 3. The molecular formula is C10H14N2O2. The Labute approximate surface area is 83.1 Å². The van der Waals surface area contributed by atoms with Gasteiger partial charge in [-0.1, -0.05) is 13.3 Å². The molecule has 0 radical (unpaired) electrons. The zero-order valence-electron chi connectivity index (χ0n) is 8.19. The molecule has 0 spiro atoms. The highest BCUT2D eigenvalue weighted by Crippen LogP contribution is 2.13. The van der Waals surface area contributed by atoms with Gasteiger partial charge in [0.05, 0.1) is 6.61 Å². The van der Waals surface area contributed by atoms with E-state index in [2.05, 4.69) is 11.9 Å². The maximum atomic E-state index is 11.0. The number of aromatic nitrogens is 1. The molecule has 0 aliphatic heterocycles. The Morgan fingerprint density at radius 1 is 1.64 bits per heavy atom. The van der Waals surface area contributed by atoms with E-state index in [-0.39, 0.29) is 0 Å². The van der Waals surface area contributed by atoms with Crippen molar-refractivity contribution in [3.63, 3.8) is 0 Å². The van der Waals surface area contributed by atoms with E-state index in [4.69, 9.17) is 10.5 Å². The Kier molecular flexibility index (Phi) is 3.91. The molecule has 0 fully saturated rings. The van der Waals surface area contributed by atoms with Crippen molar-refractivity contribution < 1.29 is 9.53 Å². The number of carbonyl (C=O) groups excluding carboxylic acids is 1. The molecule has 1 aromatic rings. The predicted octanol–water partition coefficient (Wildman–Crippen LogP) is 1.36. The molecule has 4 heteroatoms. The summed E-state index contributed by atoms with van der Waals surface area (Å²) in [6, 6.07) is 3.27. The fourth-order valence-corrected chi connectivity index (χ4v) is 1.01. The van der Waals surface area contributed by atoms with Gasteiger partial charge in [0, 0.05) is 6.20 Å². The third-order valence-electron chi connectivity index (χ3n) is 1.77. The number of carbonyl (C=O) groups is 1. The van der Waals surface area contributed by atoms with E-state index in [1.54, 1.807) is 18.3 Å². The Morgan fingerprint density at radius 3 is 3.07 bits per heavy atom. The van der Waals surface area contributed by atoms with Crippen LogP contribution in [0.25, 0.3) is 0 Å². The van der Waals surface area contributed by atoms with Gasteiger partial charge in [-0.3, -0.25) is 4.79 Å². The molecule has 0 saturated carbocycles. The molecular weight excluding hydrogens is 180 g/mol. The van der Waals surface area contributed by atoms with Crippen LogP contribution in [0.5, 0.6) is 5.88 Å². The summed E-state index contributed by atoms with van der Waals surface area (Å²) in [5.41, 5.74) is 5.50. The second kappa shape index (κ2) is 5.21. The van der Waals surface area contributed by atoms with Crippen molar-refractivity contribution in [2.75, 3.05) is 6.61 Å². The van der Waals surface area contributed by atoms with E-state index >= 15 is 0 Å². The van der Waals surface area contributed by atoms with Crippen molar-refractivity contribution in [1.29, 1.82) is 0 Å². The fraction of sp³-hybridized carbons (Fsp3) is 0.400. The zero-order valence-corrected chi connectivity index (χ0v) is 8.19. The zero-order chi connectivity index (χ0) is 10.4. The van der Waals surface area contributed by atoms with Gasteiger partial charge in [0.1, 0.15) is 5.56 Å². The number of nitrogens with zero attached hydrogens (tertiary/aromatic N) is 1. The van der Waals surface area contributed by atoms with Crippen LogP contribution in [-0.4, -0.2) is 17.5 Å². The standard InChI is InChI=1S/C10H14N2O2/c1-2-3-7-14-10-8(9(11)13)5-4-6-12-10/h4-6H,2-3,7H2,1H3,(H2,11,13). The van der Waals surface area contributed by atoms with Crippen LogP contribution in [0.15, 0.2) is 18.3 Å². The smallest absolute Gasteiger partial charge is 0.254 e. The highest BCUT2D eigenvalue weighted by atomic mass is 16.5. The van der Waals surface area contributed by atoms with Crippen molar-refractivity contribution in [3.05, 3.63) is 23.9 Å². The van der Waals surface area contributed by atoms with Crippen LogP contribution in [-0.2, 0) is 0 Å². The largest absolute Gasteiger partial charge is 0.477 e. The van der Waals surface area contributed by atoms with E-state index in [9.17, 15) is 4.79 Å². The molecule has 1 heterocycles. The van der Waals surface area contributed by atoms with E-state index < -0.39 is 5.91 Å². The van der Waals surface area contributed by atoms with Crippen molar-refractivity contribution >= 4 is 5.91 Å². The van der Waals surface area contributed by atoms with Crippen molar-refractivity contribution in [1.82, 2.24) is 4.98 Å². The summed E-state index contributed by atoms with van der Waals surface area (Å²) in [6.07, 6.45) is 3.56. The van der Waals surface area contributed by atoms with Gasteiger partial charge in [0.2, 0.25) is 5.88 Å². The summed E-state index contributed by atoms with van der Waals surface area (Å²) in [4.78, 5) is 14.9. The van der Waals surface area contributed by atoms with Gasteiger partial charge in [-0.05, 0) is 18.6 Å². The maximum absolute atomic E-state index is 11.0. The summed E-state index contributed by atoms with van der Waals surface area (Å²) >= 11 is 0. The summed E-state index contributed by atoms with van der Waals surface area (Å²) in [5, 5.41) is 0. The van der Waals surface area contributed by atoms with Gasteiger partial charge in [-0.2, -0.15) is 0 Å². The monoisotopic (exact) mass is 194 g/mol. The van der Waals surface area contributed by atoms with Crippen LogP contribution in [0.1, 0.15) is 30.1 Å². The van der Waals surface area contributed by atoms with Crippen molar-refractivity contribution in [3.8, 4) is 5.88 Å². The average molecular weight is 194 g/mol. The van der Waals surface area contributed by atoms with Crippen LogP contribution in [0.4, 0.5) is 0 Å². The highest BCUT2D eigenvalue weighted by molar-refractivity contribution is 5.94. The number of ether oxygens (including phenoxy) is 1. The van der Waals surface area contributed by atoms with Crippen molar-refractivity contribution in [2.24, 2.45) is 5.73 Å². The topological polar surface area (TPSA) is 65.2 Å². The Balaban J connectivity index is 2.69. The molecule has 0 saturated heterocycles. The van der Waals surface area contributed by atoms with E-state index in [1.165, 1.54) is 0 Å². The van der Waals surface area contributed by atoms with Gasteiger partial charge in [0.15, 0.2) is 0 Å². The van der Waals surface area contributed by atoms with Crippen LogP contribution in [0, 0.1) is 0 Å². The highest BCUT2D eigenvalue weighted by Gasteiger charge is 2.08. The van der Waals surface area contributed by atoms with Crippen LogP contribution in [0.2, 0.25) is 0 Å². The first-order valence-corrected chi connectivity index (χ1v) is 4.63. The molecule has 2 N–H and O–H groups in total. The molecule has 0 unspecified atom stereocenters. The third-order valence-corrected chi connectivity index (χ3v) is 1.77.